The Balaban J connectivity index is 0.000000505. The van der Waals surface area contributed by atoms with Gasteiger partial charge < -0.3 is 4.74 Å². The molecule has 0 N–H and O–H groups in total. The highest BCUT2D eigenvalue weighted by Gasteiger charge is 2.12. The first-order valence-electron chi connectivity index (χ1n) is 6.81. The second-order valence-electron chi connectivity index (χ2n) is 4.60. The largest absolute Gasteiger partial charge is 0.393 e. The number of hydrogen-bond acceptors (Lipinski definition) is 3. The molecule has 24 heavy (non-hydrogen) atoms. The summed E-state index contributed by atoms with van der Waals surface area (Å²) in [5.41, 5.74) is 1.67. The molecular weight excluding hydrogens is 394 g/mol. The average Bonchev–Trinajstić information content (AvgIpc) is 2.47. The van der Waals surface area contributed by atoms with Crippen molar-refractivity contribution < 1.29 is 14.3 Å². The topological polar surface area (TPSA) is 43.4 Å². The van der Waals surface area contributed by atoms with Crippen molar-refractivity contribution >= 4 is 58.3 Å². The van der Waals surface area contributed by atoms with Crippen LogP contribution in [0.3, 0.4) is 0 Å². The van der Waals surface area contributed by atoms with Crippen molar-refractivity contribution in [2.75, 3.05) is 0 Å². The normalized spacial score (nSPS) is 10.3. The molecule has 0 amide bonds. The van der Waals surface area contributed by atoms with Crippen molar-refractivity contribution in [3.05, 3.63) is 71.8 Å². The van der Waals surface area contributed by atoms with Crippen LogP contribution in [0.25, 0.3) is 0 Å². The number of ether oxygens (including phenoxy) is 1. The zero-order valence-corrected chi connectivity index (χ0v) is 15.4. The molecule has 2 aromatic carbocycles. The van der Waals surface area contributed by atoms with E-state index in [1.54, 1.807) is 0 Å². The van der Waals surface area contributed by atoms with Gasteiger partial charge in [-0.15, -0.1) is 0 Å². The van der Waals surface area contributed by atoms with Gasteiger partial charge in [0.25, 0.3) is 3.25 Å². The van der Waals surface area contributed by atoms with E-state index in [0.717, 1.165) is 11.1 Å². The zero-order chi connectivity index (χ0) is 18.0. The fourth-order valence-corrected chi connectivity index (χ4v) is 1.72. The molecular formula is C17H14Cl4O3. The van der Waals surface area contributed by atoms with Crippen LogP contribution in [0.15, 0.2) is 60.7 Å². The van der Waals surface area contributed by atoms with Crippen molar-refractivity contribution in [1.82, 2.24) is 0 Å². The SMILES string of the molecule is ClC(Cl)(Cl)Cl.O=C(Cc1ccccc1)OC(=O)Cc1ccccc1. The van der Waals surface area contributed by atoms with Crippen LogP contribution in [0.1, 0.15) is 11.1 Å². The monoisotopic (exact) mass is 406 g/mol. The third-order valence-corrected chi connectivity index (χ3v) is 2.61. The zero-order valence-electron chi connectivity index (χ0n) is 12.4. The number of benzene rings is 2. The molecule has 0 aliphatic carbocycles. The lowest BCUT2D eigenvalue weighted by Gasteiger charge is -2.03. The summed E-state index contributed by atoms with van der Waals surface area (Å²) < 4.78 is 3.17. The quantitative estimate of drug-likeness (QED) is 0.402. The minimum atomic E-state index is -1.61. The fraction of sp³-hybridized carbons (Fsp3) is 0.176. The van der Waals surface area contributed by atoms with Crippen LogP contribution in [0.4, 0.5) is 0 Å². The Hall–Kier alpha value is -1.26. The summed E-state index contributed by atoms with van der Waals surface area (Å²) in [7, 11) is 0. The minimum Gasteiger partial charge on any atom is -0.393 e. The minimum absolute atomic E-state index is 0.112. The molecule has 3 nitrogen and oxygen atoms in total. The molecule has 0 unspecified atom stereocenters. The van der Waals surface area contributed by atoms with Gasteiger partial charge in [-0.1, -0.05) is 107 Å². The maximum Gasteiger partial charge on any atom is 0.317 e. The molecule has 0 bridgehead atoms. The first-order chi connectivity index (χ1) is 11.2. The fourth-order valence-electron chi connectivity index (χ4n) is 1.72. The molecule has 0 atom stereocenters. The number of hydrogen-bond donors (Lipinski definition) is 0. The van der Waals surface area contributed by atoms with Crippen molar-refractivity contribution in [2.45, 2.75) is 16.1 Å². The smallest absolute Gasteiger partial charge is 0.317 e. The molecule has 0 aromatic heterocycles. The Labute approximate surface area is 160 Å². The number of carbonyl (C=O) groups excluding carboxylic acids is 2. The summed E-state index contributed by atoms with van der Waals surface area (Å²) in [6.07, 6.45) is 0.225. The van der Waals surface area contributed by atoms with E-state index >= 15 is 0 Å². The van der Waals surface area contributed by atoms with Crippen molar-refractivity contribution in [3.8, 4) is 0 Å². The van der Waals surface area contributed by atoms with Crippen LogP contribution < -0.4 is 0 Å². The van der Waals surface area contributed by atoms with Gasteiger partial charge in [0.1, 0.15) is 0 Å². The molecule has 0 heterocycles. The van der Waals surface area contributed by atoms with Crippen molar-refractivity contribution in [2.24, 2.45) is 0 Å². The van der Waals surface area contributed by atoms with Crippen LogP contribution in [-0.4, -0.2) is 15.2 Å². The van der Waals surface area contributed by atoms with Crippen molar-refractivity contribution in [1.29, 1.82) is 0 Å². The second-order valence-corrected chi connectivity index (χ2v) is 8.03. The van der Waals surface area contributed by atoms with Crippen LogP contribution in [-0.2, 0) is 27.2 Å². The summed E-state index contributed by atoms with van der Waals surface area (Å²) in [6.45, 7) is 0. The predicted molar refractivity (Wildman–Crippen MR) is 97.5 cm³/mol. The standard InChI is InChI=1S/C16H14O3.CCl4/c17-15(11-13-7-3-1-4-8-13)19-16(18)12-14-9-5-2-6-10-14;2-1(3,4)5/h1-10H,11-12H2;. The molecule has 0 saturated heterocycles. The Kier molecular flexibility index (Phi) is 9.16. The Bertz CT molecular complexity index is 582. The Morgan fingerprint density at radius 3 is 1.29 bits per heavy atom. The summed E-state index contributed by atoms with van der Waals surface area (Å²) >= 11 is 19.3. The van der Waals surface area contributed by atoms with Crippen molar-refractivity contribution in [3.63, 3.8) is 0 Å². The number of carbonyl (C=O) groups is 2. The van der Waals surface area contributed by atoms with E-state index in [-0.39, 0.29) is 12.8 Å². The third-order valence-electron chi connectivity index (χ3n) is 2.61. The summed E-state index contributed by atoms with van der Waals surface area (Å²) in [6, 6.07) is 18.4. The first kappa shape index (κ1) is 20.8. The van der Waals surface area contributed by atoms with E-state index in [1.165, 1.54) is 0 Å². The van der Waals surface area contributed by atoms with E-state index in [4.69, 9.17) is 51.1 Å². The molecule has 0 aliphatic rings. The predicted octanol–water partition coefficient (Wildman–Crippen LogP) is 5.09. The van der Waals surface area contributed by atoms with E-state index in [9.17, 15) is 9.59 Å². The third kappa shape index (κ3) is 11.3. The van der Waals surface area contributed by atoms with Gasteiger partial charge in [-0.25, -0.2) is 0 Å². The summed E-state index contributed by atoms with van der Waals surface area (Å²) in [5.74, 6) is -1.04. The molecule has 2 rings (SSSR count). The maximum atomic E-state index is 11.6. The highest BCUT2D eigenvalue weighted by molar-refractivity contribution is 6.83. The Morgan fingerprint density at radius 1 is 0.708 bits per heavy atom. The summed E-state index contributed by atoms with van der Waals surface area (Å²) in [4.78, 5) is 23.1. The maximum absolute atomic E-state index is 11.6. The average molecular weight is 408 g/mol. The number of esters is 2. The number of rotatable bonds is 4. The molecule has 0 spiro atoms. The van der Waals surface area contributed by atoms with Crippen LogP contribution >= 0.6 is 46.4 Å². The van der Waals surface area contributed by atoms with Gasteiger partial charge in [-0.3, -0.25) is 9.59 Å². The molecule has 0 radical (unpaired) electrons. The molecule has 0 fully saturated rings. The Morgan fingerprint density at radius 2 is 1.00 bits per heavy atom. The van der Waals surface area contributed by atoms with E-state index in [2.05, 4.69) is 0 Å². The van der Waals surface area contributed by atoms with Crippen LogP contribution in [0.5, 0.6) is 0 Å². The lowest BCUT2D eigenvalue weighted by Crippen LogP contribution is -2.16. The van der Waals surface area contributed by atoms with Gasteiger partial charge >= 0.3 is 11.9 Å². The van der Waals surface area contributed by atoms with E-state index in [1.807, 2.05) is 60.7 Å². The van der Waals surface area contributed by atoms with E-state index in [0.29, 0.717) is 0 Å². The second kappa shape index (κ2) is 10.6. The molecule has 128 valence electrons. The lowest BCUT2D eigenvalue weighted by molar-refractivity contribution is -0.158. The van der Waals surface area contributed by atoms with Crippen LogP contribution in [0, 0.1) is 0 Å². The molecule has 0 saturated carbocycles. The lowest BCUT2D eigenvalue weighted by atomic mass is 10.1. The first-order valence-corrected chi connectivity index (χ1v) is 8.32. The number of halogens is 4. The van der Waals surface area contributed by atoms with Gasteiger partial charge in [-0.2, -0.15) is 0 Å². The highest BCUT2D eigenvalue weighted by atomic mass is 35.6. The highest BCUT2D eigenvalue weighted by Crippen LogP contribution is 2.29. The summed E-state index contributed by atoms with van der Waals surface area (Å²) in [5, 5.41) is 0. The van der Waals surface area contributed by atoms with Gasteiger partial charge in [0.05, 0.1) is 12.8 Å². The molecule has 7 heteroatoms. The molecule has 0 aliphatic heterocycles. The van der Waals surface area contributed by atoms with Crippen LogP contribution in [0.2, 0.25) is 0 Å². The van der Waals surface area contributed by atoms with Gasteiger partial charge in [0.15, 0.2) is 0 Å². The van der Waals surface area contributed by atoms with Gasteiger partial charge in [-0.05, 0) is 11.1 Å². The number of alkyl halides is 4. The van der Waals surface area contributed by atoms with Gasteiger partial charge in [0, 0.05) is 0 Å². The molecule has 2 aromatic rings. The van der Waals surface area contributed by atoms with E-state index < -0.39 is 15.2 Å². The van der Waals surface area contributed by atoms with Gasteiger partial charge in [0.2, 0.25) is 0 Å².